The molecular formula is C26H26N4O2. The van der Waals surface area contributed by atoms with Gasteiger partial charge in [-0.05, 0) is 35.8 Å². The number of anilines is 1. The molecular weight excluding hydrogens is 400 g/mol. The van der Waals surface area contributed by atoms with Crippen LogP contribution in [0.15, 0.2) is 97.4 Å². The number of benzene rings is 2. The molecule has 162 valence electrons. The zero-order valence-corrected chi connectivity index (χ0v) is 17.7. The Balaban J connectivity index is 1.59. The lowest BCUT2D eigenvalue weighted by atomic mass is 10.1. The van der Waals surface area contributed by atoms with Crippen LogP contribution in [0.25, 0.3) is 11.3 Å². The van der Waals surface area contributed by atoms with Crippen LogP contribution in [0.1, 0.15) is 23.9 Å². The summed E-state index contributed by atoms with van der Waals surface area (Å²) < 4.78 is 0. The van der Waals surface area contributed by atoms with Crippen molar-refractivity contribution >= 4 is 11.6 Å². The Morgan fingerprint density at radius 2 is 2.00 bits per heavy atom. The predicted octanol–water partition coefficient (Wildman–Crippen LogP) is 4.61. The summed E-state index contributed by atoms with van der Waals surface area (Å²) in [6, 6.07) is 16.9. The molecule has 32 heavy (non-hydrogen) atoms. The van der Waals surface area contributed by atoms with Gasteiger partial charge in [0, 0.05) is 12.1 Å². The van der Waals surface area contributed by atoms with Crippen LogP contribution < -0.4 is 10.6 Å². The van der Waals surface area contributed by atoms with E-state index in [1.165, 1.54) is 12.2 Å². The van der Waals surface area contributed by atoms with Crippen molar-refractivity contribution in [1.29, 1.82) is 0 Å². The van der Waals surface area contributed by atoms with Gasteiger partial charge in [0.15, 0.2) is 0 Å². The number of aliphatic hydroxyl groups excluding tert-OH is 1. The second kappa shape index (κ2) is 9.49. The number of carbonyl (C=O) groups excluding carboxylic acids is 1. The van der Waals surface area contributed by atoms with Gasteiger partial charge < -0.3 is 15.8 Å². The van der Waals surface area contributed by atoms with E-state index in [0.29, 0.717) is 12.8 Å². The van der Waals surface area contributed by atoms with Crippen LogP contribution in [-0.2, 0) is 11.2 Å². The largest absolute Gasteiger partial charge is 0.508 e. The van der Waals surface area contributed by atoms with E-state index in [-0.39, 0.29) is 17.7 Å². The topological polar surface area (TPSA) is 95.2 Å². The van der Waals surface area contributed by atoms with Crippen LogP contribution in [-0.4, -0.2) is 27.0 Å². The minimum atomic E-state index is -0.720. The third kappa shape index (κ3) is 4.40. The van der Waals surface area contributed by atoms with Gasteiger partial charge in [0.25, 0.3) is 0 Å². The first-order valence-electron chi connectivity index (χ1n) is 10.5. The summed E-state index contributed by atoms with van der Waals surface area (Å²) in [6.45, 7) is 3.49. The fourth-order valence-electron chi connectivity index (χ4n) is 3.89. The van der Waals surface area contributed by atoms with Crippen LogP contribution in [0.5, 0.6) is 0 Å². The van der Waals surface area contributed by atoms with Crippen LogP contribution in [0.2, 0.25) is 0 Å². The maximum absolute atomic E-state index is 13.4. The maximum Gasteiger partial charge on any atom is 0.244 e. The molecule has 0 radical (unpaired) electrons. The number of para-hydroxylation sites is 1. The molecule has 1 aliphatic heterocycles. The third-order valence-corrected chi connectivity index (χ3v) is 5.53. The van der Waals surface area contributed by atoms with Crippen LogP contribution in [0, 0.1) is 0 Å². The Hall–Kier alpha value is -3.90. The number of fused-ring (bicyclic) bond motifs is 1. The van der Waals surface area contributed by atoms with Crippen molar-refractivity contribution in [3.8, 4) is 11.3 Å². The van der Waals surface area contributed by atoms with Crippen molar-refractivity contribution in [2.24, 2.45) is 5.73 Å². The van der Waals surface area contributed by atoms with Crippen LogP contribution >= 0.6 is 0 Å². The van der Waals surface area contributed by atoms with E-state index >= 15 is 0 Å². The minimum Gasteiger partial charge on any atom is -0.508 e. The molecule has 0 spiro atoms. The molecule has 0 unspecified atom stereocenters. The minimum absolute atomic E-state index is 0.0571. The van der Waals surface area contributed by atoms with Gasteiger partial charge in [-0.3, -0.25) is 9.69 Å². The first-order chi connectivity index (χ1) is 15.6. The van der Waals surface area contributed by atoms with E-state index in [1.54, 1.807) is 23.2 Å². The summed E-state index contributed by atoms with van der Waals surface area (Å²) in [6.07, 6.45) is 9.09. The number of hydrogen-bond acceptors (Lipinski definition) is 4. The number of rotatable bonds is 7. The van der Waals surface area contributed by atoms with Crippen molar-refractivity contribution < 1.29 is 9.90 Å². The van der Waals surface area contributed by atoms with E-state index in [0.717, 1.165) is 28.3 Å². The van der Waals surface area contributed by atoms with Crippen LogP contribution in [0.4, 0.5) is 5.69 Å². The lowest BCUT2D eigenvalue weighted by Crippen LogP contribution is -2.44. The Morgan fingerprint density at radius 1 is 1.25 bits per heavy atom. The smallest absolute Gasteiger partial charge is 0.244 e. The fraction of sp³-hybridized carbons (Fsp3) is 0.154. The molecule has 0 saturated heterocycles. The molecule has 4 N–H and O–H groups in total. The average Bonchev–Trinajstić information content (AvgIpc) is 3.46. The highest BCUT2D eigenvalue weighted by atomic mass is 16.3. The van der Waals surface area contributed by atoms with Gasteiger partial charge >= 0.3 is 0 Å². The van der Waals surface area contributed by atoms with Crippen molar-refractivity contribution in [2.45, 2.75) is 24.9 Å². The molecule has 0 fully saturated rings. The monoisotopic (exact) mass is 426 g/mol. The molecule has 1 aliphatic rings. The number of aliphatic hydroxyl groups is 1. The van der Waals surface area contributed by atoms with Crippen molar-refractivity contribution in [3.63, 3.8) is 0 Å². The highest BCUT2D eigenvalue weighted by Crippen LogP contribution is 2.40. The molecule has 1 aromatic heterocycles. The molecule has 0 aliphatic carbocycles. The van der Waals surface area contributed by atoms with E-state index in [1.807, 2.05) is 54.6 Å². The molecule has 2 heterocycles. The van der Waals surface area contributed by atoms with Gasteiger partial charge in [-0.25, -0.2) is 4.98 Å². The van der Waals surface area contributed by atoms with Gasteiger partial charge in [0.2, 0.25) is 5.91 Å². The van der Waals surface area contributed by atoms with Crippen molar-refractivity contribution in [2.75, 3.05) is 4.90 Å². The van der Waals surface area contributed by atoms with Crippen LogP contribution in [0.3, 0.4) is 0 Å². The molecule has 2 aromatic carbocycles. The Kier molecular flexibility index (Phi) is 6.33. The standard InChI is InChI=1S/C26H26N4O2/c1-2-20(31)13-7-8-14-21(27)26(32)30-23-15-9-6-12-19(23)16-24(30)25-28-17-22(29-25)18-10-4-3-5-11-18/h2-13,15,17,21,24,31H,1,14,16,27H2,(H,28,29)/b8-7+,20-13+/t21-,24-/m0/s1. The van der Waals surface area contributed by atoms with E-state index in [9.17, 15) is 9.90 Å². The number of carbonyl (C=O) groups is 1. The Bertz CT molecular complexity index is 1160. The van der Waals surface area contributed by atoms with Gasteiger partial charge in [-0.2, -0.15) is 0 Å². The first-order valence-corrected chi connectivity index (χ1v) is 10.5. The van der Waals surface area contributed by atoms with E-state index < -0.39 is 6.04 Å². The Labute approximate surface area is 187 Å². The fourth-order valence-corrected chi connectivity index (χ4v) is 3.89. The summed E-state index contributed by atoms with van der Waals surface area (Å²) >= 11 is 0. The molecule has 3 aromatic rings. The summed E-state index contributed by atoms with van der Waals surface area (Å²) in [7, 11) is 0. The second-order valence-corrected chi connectivity index (χ2v) is 7.67. The highest BCUT2D eigenvalue weighted by Gasteiger charge is 2.38. The molecule has 4 rings (SSSR count). The lowest BCUT2D eigenvalue weighted by molar-refractivity contribution is -0.120. The van der Waals surface area contributed by atoms with Gasteiger partial charge in [0.1, 0.15) is 11.6 Å². The summed E-state index contributed by atoms with van der Waals surface area (Å²) in [5.41, 5.74) is 10.2. The molecule has 2 atom stereocenters. The molecule has 6 heteroatoms. The number of allylic oxidation sites excluding steroid dienone is 3. The third-order valence-electron chi connectivity index (χ3n) is 5.53. The molecule has 0 bridgehead atoms. The zero-order chi connectivity index (χ0) is 22.5. The number of aromatic amines is 1. The quantitative estimate of drug-likeness (QED) is 0.380. The van der Waals surface area contributed by atoms with Gasteiger partial charge in [-0.15, -0.1) is 0 Å². The normalized spacial score (nSPS) is 16.8. The average molecular weight is 427 g/mol. The summed E-state index contributed by atoms with van der Waals surface area (Å²) in [5, 5.41) is 9.43. The van der Waals surface area contributed by atoms with Crippen molar-refractivity contribution in [1.82, 2.24) is 9.97 Å². The number of imidazole rings is 1. The number of nitrogens with two attached hydrogens (primary N) is 1. The van der Waals surface area contributed by atoms with Gasteiger partial charge in [-0.1, -0.05) is 67.3 Å². The van der Waals surface area contributed by atoms with Crippen molar-refractivity contribution in [3.05, 3.63) is 109 Å². The predicted molar refractivity (Wildman–Crippen MR) is 127 cm³/mol. The lowest BCUT2D eigenvalue weighted by Gasteiger charge is -2.26. The molecule has 6 nitrogen and oxygen atoms in total. The Morgan fingerprint density at radius 3 is 2.78 bits per heavy atom. The summed E-state index contributed by atoms with van der Waals surface area (Å²) in [5.74, 6) is 0.621. The maximum atomic E-state index is 13.4. The second-order valence-electron chi connectivity index (χ2n) is 7.67. The number of nitrogens with one attached hydrogen (secondary N) is 1. The number of nitrogens with zero attached hydrogens (tertiary/aromatic N) is 2. The number of amides is 1. The summed E-state index contributed by atoms with van der Waals surface area (Å²) in [4.78, 5) is 23.2. The van der Waals surface area contributed by atoms with E-state index in [4.69, 9.17) is 5.73 Å². The molecule has 1 amide bonds. The van der Waals surface area contributed by atoms with E-state index in [2.05, 4.69) is 16.5 Å². The number of aromatic nitrogens is 2. The van der Waals surface area contributed by atoms with Gasteiger partial charge in [0.05, 0.1) is 24.0 Å². The zero-order valence-electron chi connectivity index (χ0n) is 17.7. The SMILES string of the molecule is C=C/C(O)=C\C=C\C[C@H](N)C(=O)N1c2ccccc2C[C@H]1c1ncc(-c2ccccc2)[nH]1. The number of hydrogen-bond donors (Lipinski definition) is 3. The first kappa shape index (κ1) is 21.3. The highest BCUT2D eigenvalue weighted by molar-refractivity contribution is 5.99. The number of H-pyrrole nitrogens is 1. The molecule has 0 saturated carbocycles.